The zero-order valence-electron chi connectivity index (χ0n) is 6.88. The maximum atomic E-state index is 12.4. The molecule has 0 radical (unpaired) electrons. The van der Waals surface area contributed by atoms with Crippen molar-refractivity contribution in [2.24, 2.45) is 0 Å². The lowest BCUT2D eigenvalue weighted by Gasteiger charge is -2.27. The van der Waals surface area contributed by atoms with E-state index in [1.165, 1.54) is 0 Å². The average molecular weight is 212 g/mol. The Morgan fingerprint density at radius 1 is 1.38 bits per heavy atom. The molecule has 0 amide bonds. The lowest BCUT2D eigenvalue weighted by molar-refractivity contribution is -0.206. The number of nitrogens with zero attached hydrogens (tertiary/aromatic N) is 3. The highest BCUT2D eigenvalue weighted by molar-refractivity contribution is 7.71. The molecule has 1 aromatic heterocycles. The second-order valence-corrected chi connectivity index (χ2v) is 3.34. The van der Waals surface area contributed by atoms with Crippen LogP contribution in [0.3, 0.4) is 0 Å². The van der Waals surface area contributed by atoms with Crippen LogP contribution in [0.1, 0.15) is 13.8 Å². The van der Waals surface area contributed by atoms with Gasteiger partial charge in [-0.15, -0.1) is 0 Å². The Labute approximate surface area is 76.7 Å². The van der Waals surface area contributed by atoms with Crippen molar-refractivity contribution in [1.82, 2.24) is 20.2 Å². The fourth-order valence-electron chi connectivity index (χ4n) is 0.688. The third-order valence-electron chi connectivity index (χ3n) is 1.72. The number of nitrogens with one attached hydrogen (secondary N) is 1. The topological polar surface area (TPSA) is 46.5 Å². The summed E-state index contributed by atoms with van der Waals surface area (Å²) in [4.78, 5) is 0. The molecule has 0 aliphatic carbocycles. The molecule has 0 saturated carbocycles. The second kappa shape index (κ2) is 2.79. The van der Waals surface area contributed by atoms with E-state index in [0.717, 1.165) is 13.8 Å². The quantitative estimate of drug-likeness (QED) is 0.720. The molecule has 1 aromatic rings. The van der Waals surface area contributed by atoms with Crippen LogP contribution in [-0.4, -0.2) is 26.4 Å². The van der Waals surface area contributed by atoms with Gasteiger partial charge in [-0.1, -0.05) is 10.3 Å². The average Bonchev–Trinajstić information content (AvgIpc) is 2.32. The number of tetrazole rings is 1. The van der Waals surface area contributed by atoms with Crippen molar-refractivity contribution >= 4 is 12.2 Å². The van der Waals surface area contributed by atoms with Crippen LogP contribution in [0.2, 0.25) is 0 Å². The molecule has 0 unspecified atom stereocenters. The van der Waals surface area contributed by atoms with Crippen molar-refractivity contribution in [1.29, 1.82) is 0 Å². The normalized spacial score (nSPS) is 13.3. The van der Waals surface area contributed by atoms with Gasteiger partial charge in [-0.25, -0.2) is 4.68 Å². The van der Waals surface area contributed by atoms with E-state index in [1.54, 1.807) is 0 Å². The summed E-state index contributed by atoms with van der Waals surface area (Å²) in [5, 5.41) is 8.54. The molecule has 0 aliphatic rings. The van der Waals surface area contributed by atoms with Gasteiger partial charge in [0.1, 0.15) is 0 Å². The largest absolute Gasteiger partial charge is 0.413 e. The number of aromatic amines is 1. The predicted molar refractivity (Wildman–Crippen MR) is 40.6 cm³/mol. The summed E-state index contributed by atoms with van der Waals surface area (Å²) >= 11 is 4.56. The molecule has 4 nitrogen and oxygen atoms in total. The summed E-state index contributed by atoms with van der Waals surface area (Å²) in [6.07, 6.45) is -4.40. The SMILES string of the molecule is CC(C)(n1[nH]nnc1=S)C(F)(F)F. The van der Waals surface area contributed by atoms with Crippen LogP contribution in [0.5, 0.6) is 0 Å². The molecule has 13 heavy (non-hydrogen) atoms. The summed E-state index contributed by atoms with van der Waals surface area (Å²) in [5.74, 6) is 0. The number of rotatable bonds is 1. The summed E-state index contributed by atoms with van der Waals surface area (Å²) in [5.41, 5.74) is -2.12. The molecule has 0 aliphatic heterocycles. The first-order valence-corrected chi connectivity index (χ1v) is 3.75. The molecular formula is C5H7F3N4S. The highest BCUT2D eigenvalue weighted by Crippen LogP contribution is 2.35. The van der Waals surface area contributed by atoms with Crippen LogP contribution in [0.4, 0.5) is 13.2 Å². The molecular weight excluding hydrogens is 205 g/mol. The van der Waals surface area contributed by atoms with Gasteiger partial charge >= 0.3 is 6.18 Å². The Balaban J connectivity index is 3.23. The van der Waals surface area contributed by atoms with Crippen molar-refractivity contribution < 1.29 is 13.2 Å². The van der Waals surface area contributed by atoms with Crippen LogP contribution in [0, 0.1) is 4.77 Å². The molecule has 0 aromatic carbocycles. The molecule has 0 saturated heterocycles. The zero-order valence-corrected chi connectivity index (χ0v) is 7.70. The number of H-pyrrole nitrogens is 1. The van der Waals surface area contributed by atoms with E-state index in [9.17, 15) is 13.2 Å². The lowest BCUT2D eigenvalue weighted by Crippen LogP contribution is -2.43. The van der Waals surface area contributed by atoms with Gasteiger partial charge in [-0.3, -0.25) is 0 Å². The van der Waals surface area contributed by atoms with Crippen molar-refractivity contribution in [3.05, 3.63) is 4.77 Å². The van der Waals surface area contributed by atoms with Crippen LogP contribution >= 0.6 is 12.2 Å². The molecule has 1 rings (SSSR count). The highest BCUT2D eigenvalue weighted by Gasteiger charge is 2.50. The zero-order chi connectivity index (χ0) is 10.3. The third-order valence-corrected chi connectivity index (χ3v) is 1.99. The van der Waals surface area contributed by atoms with Gasteiger partial charge in [-0.2, -0.15) is 18.4 Å². The second-order valence-electron chi connectivity index (χ2n) is 2.97. The van der Waals surface area contributed by atoms with E-state index in [0.29, 0.717) is 4.68 Å². The monoisotopic (exact) mass is 212 g/mol. The molecule has 0 fully saturated rings. The maximum absolute atomic E-state index is 12.4. The van der Waals surface area contributed by atoms with Crippen molar-refractivity contribution in [3.63, 3.8) is 0 Å². The van der Waals surface area contributed by atoms with Gasteiger partial charge in [0.25, 0.3) is 0 Å². The van der Waals surface area contributed by atoms with E-state index < -0.39 is 11.7 Å². The molecule has 8 heteroatoms. The highest BCUT2D eigenvalue weighted by atomic mass is 32.1. The smallest absolute Gasteiger partial charge is 0.228 e. The van der Waals surface area contributed by atoms with E-state index >= 15 is 0 Å². The summed E-state index contributed by atoms with van der Waals surface area (Å²) in [6, 6.07) is 0. The molecule has 1 heterocycles. The van der Waals surface area contributed by atoms with E-state index in [2.05, 4.69) is 27.7 Å². The van der Waals surface area contributed by atoms with Crippen LogP contribution in [0.25, 0.3) is 0 Å². The van der Waals surface area contributed by atoms with E-state index in [-0.39, 0.29) is 4.77 Å². The first-order chi connectivity index (χ1) is 5.77. The summed E-state index contributed by atoms with van der Waals surface area (Å²) in [7, 11) is 0. The predicted octanol–water partition coefficient (Wildman–Crippen LogP) is 1.63. The molecule has 0 atom stereocenters. The minimum Gasteiger partial charge on any atom is -0.228 e. The minimum atomic E-state index is -4.40. The number of hydrogen-bond acceptors (Lipinski definition) is 3. The van der Waals surface area contributed by atoms with E-state index in [4.69, 9.17) is 0 Å². The molecule has 0 spiro atoms. The Bertz CT molecular complexity index is 349. The van der Waals surface area contributed by atoms with Gasteiger partial charge in [-0.05, 0) is 26.1 Å². The molecule has 1 N–H and O–H groups in total. The Morgan fingerprint density at radius 3 is 2.23 bits per heavy atom. The summed E-state index contributed by atoms with van der Waals surface area (Å²) in [6.45, 7) is 1.98. The first kappa shape index (κ1) is 10.2. The number of alkyl halides is 3. The van der Waals surface area contributed by atoms with Crippen molar-refractivity contribution in [2.75, 3.05) is 0 Å². The van der Waals surface area contributed by atoms with Crippen LogP contribution < -0.4 is 0 Å². The minimum absolute atomic E-state index is 0.220. The Morgan fingerprint density at radius 2 is 1.92 bits per heavy atom. The van der Waals surface area contributed by atoms with Crippen LogP contribution in [0.15, 0.2) is 0 Å². The number of halogens is 3. The fraction of sp³-hybridized carbons (Fsp3) is 0.800. The van der Waals surface area contributed by atoms with Crippen LogP contribution in [-0.2, 0) is 5.54 Å². The van der Waals surface area contributed by atoms with Gasteiger partial charge in [0.2, 0.25) is 4.77 Å². The lowest BCUT2D eigenvalue weighted by atomic mass is 10.1. The number of aromatic nitrogens is 4. The van der Waals surface area contributed by atoms with Gasteiger partial charge < -0.3 is 0 Å². The van der Waals surface area contributed by atoms with Crippen molar-refractivity contribution in [3.8, 4) is 0 Å². The maximum Gasteiger partial charge on any atom is 0.413 e. The molecule has 74 valence electrons. The standard InChI is InChI=1S/C5H7F3N4S/c1-4(2,5(6,7)8)12-3(13)9-10-11-12/h1-2H3,(H,9,11,13). The fourth-order valence-corrected chi connectivity index (χ4v) is 0.998. The van der Waals surface area contributed by atoms with Gasteiger partial charge in [0, 0.05) is 0 Å². The van der Waals surface area contributed by atoms with Gasteiger partial charge in [0.15, 0.2) is 5.54 Å². The van der Waals surface area contributed by atoms with Crippen molar-refractivity contribution in [2.45, 2.75) is 25.6 Å². The first-order valence-electron chi connectivity index (χ1n) is 3.34. The Kier molecular flexibility index (Phi) is 2.18. The molecule has 0 bridgehead atoms. The summed E-state index contributed by atoms with van der Waals surface area (Å²) < 4.78 is 37.8. The van der Waals surface area contributed by atoms with E-state index in [1.807, 2.05) is 0 Å². The number of hydrogen-bond donors (Lipinski definition) is 1. The third kappa shape index (κ3) is 1.58. The Hall–Kier alpha value is -0.920. The van der Waals surface area contributed by atoms with Gasteiger partial charge in [0.05, 0.1) is 0 Å².